The molecular weight excluding hydrogens is 170 g/mol. The molecule has 1 atom stereocenters. The minimum atomic E-state index is -0.365. The summed E-state index contributed by atoms with van der Waals surface area (Å²) in [7, 11) is 0. The van der Waals surface area contributed by atoms with Gasteiger partial charge in [0.15, 0.2) is 0 Å². The maximum absolute atomic E-state index is 10.8. The first-order valence-electron chi connectivity index (χ1n) is 4.25. The van der Waals surface area contributed by atoms with Crippen LogP contribution >= 0.6 is 0 Å². The van der Waals surface area contributed by atoms with Gasteiger partial charge in [-0.1, -0.05) is 0 Å². The summed E-state index contributed by atoms with van der Waals surface area (Å²) in [5.74, 6) is 0.855. The van der Waals surface area contributed by atoms with Gasteiger partial charge in [0.1, 0.15) is 18.5 Å². The Morgan fingerprint density at radius 1 is 1.85 bits per heavy atom. The first kappa shape index (κ1) is 8.10. The molecule has 70 valence electrons. The Labute approximate surface area is 75.7 Å². The van der Waals surface area contributed by atoms with E-state index in [4.69, 9.17) is 4.74 Å². The topological polar surface area (TPSA) is 56.2 Å². The third-order valence-electron chi connectivity index (χ3n) is 2.07. The first-order valence-corrected chi connectivity index (χ1v) is 4.25. The molecule has 0 aromatic carbocycles. The minimum Gasteiger partial charge on any atom is -0.447 e. The number of carbonyl (C=O) groups is 1. The van der Waals surface area contributed by atoms with Crippen molar-refractivity contribution < 1.29 is 9.53 Å². The lowest BCUT2D eigenvalue weighted by molar-refractivity contribution is 0.176. The summed E-state index contributed by atoms with van der Waals surface area (Å²) in [6.45, 7) is 3.25. The molecule has 5 heteroatoms. The molecule has 0 radical (unpaired) electrons. The van der Waals surface area contributed by atoms with Crippen LogP contribution in [0.1, 0.15) is 18.8 Å². The van der Waals surface area contributed by atoms with E-state index in [0.717, 1.165) is 12.4 Å². The Morgan fingerprint density at radius 2 is 2.69 bits per heavy atom. The Balaban J connectivity index is 2.20. The molecule has 1 fully saturated rings. The molecule has 0 bridgehead atoms. The third-order valence-corrected chi connectivity index (χ3v) is 2.07. The van der Waals surface area contributed by atoms with E-state index in [9.17, 15) is 4.79 Å². The highest BCUT2D eigenvalue weighted by atomic mass is 16.6. The van der Waals surface area contributed by atoms with Crippen LogP contribution in [0.15, 0.2) is 12.4 Å². The van der Waals surface area contributed by atoms with Crippen molar-refractivity contribution in [3.8, 4) is 0 Å². The van der Waals surface area contributed by atoms with Gasteiger partial charge in [-0.2, -0.15) is 0 Å². The van der Waals surface area contributed by atoms with E-state index in [-0.39, 0.29) is 12.1 Å². The summed E-state index contributed by atoms with van der Waals surface area (Å²) >= 11 is 0. The predicted molar refractivity (Wildman–Crippen MR) is 45.1 cm³/mol. The first-order chi connectivity index (χ1) is 6.31. The molecule has 1 unspecified atom stereocenters. The number of alkyl carbamates (subject to hydrolysis) is 1. The molecule has 13 heavy (non-hydrogen) atoms. The number of cyclic esters (lactones) is 1. The van der Waals surface area contributed by atoms with Gasteiger partial charge in [-0.15, -0.1) is 0 Å². The van der Waals surface area contributed by atoms with Crippen molar-refractivity contribution in [3.63, 3.8) is 0 Å². The quantitative estimate of drug-likeness (QED) is 0.730. The Morgan fingerprint density at radius 3 is 3.31 bits per heavy atom. The zero-order valence-electron chi connectivity index (χ0n) is 7.36. The minimum absolute atomic E-state index is 0.0950. The smallest absolute Gasteiger partial charge is 0.407 e. The van der Waals surface area contributed by atoms with Crippen molar-refractivity contribution in [2.75, 3.05) is 6.61 Å². The van der Waals surface area contributed by atoms with E-state index in [1.807, 2.05) is 17.7 Å². The molecule has 0 saturated carbocycles. The lowest BCUT2D eigenvalue weighted by atomic mass is 10.3. The number of imidazole rings is 1. The highest BCUT2D eigenvalue weighted by molar-refractivity contribution is 5.69. The largest absolute Gasteiger partial charge is 0.447 e. The van der Waals surface area contributed by atoms with Crippen LogP contribution in [0, 0.1) is 0 Å². The molecule has 1 aromatic rings. The van der Waals surface area contributed by atoms with Crippen molar-refractivity contribution in [2.45, 2.75) is 19.5 Å². The van der Waals surface area contributed by atoms with E-state index >= 15 is 0 Å². The molecule has 1 aliphatic heterocycles. The molecular formula is C8H11N3O2. The Bertz CT molecular complexity index is 321. The van der Waals surface area contributed by atoms with Crippen molar-refractivity contribution in [2.24, 2.45) is 0 Å². The molecule has 1 aliphatic rings. The van der Waals surface area contributed by atoms with E-state index in [0.29, 0.717) is 6.61 Å². The van der Waals surface area contributed by atoms with Crippen molar-refractivity contribution >= 4 is 6.09 Å². The third kappa shape index (κ3) is 1.37. The second-order valence-corrected chi connectivity index (χ2v) is 2.87. The summed E-state index contributed by atoms with van der Waals surface area (Å²) in [4.78, 5) is 14.9. The predicted octanol–water partition coefficient (Wildman–Crippen LogP) is 0.684. The lowest BCUT2D eigenvalue weighted by Gasteiger charge is -2.08. The Kier molecular flexibility index (Phi) is 1.92. The molecule has 2 rings (SSSR count). The number of carbonyl (C=O) groups excluding carboxylic acids is 1. The number of hydrogen-bond acceptors (Lipinski definition) is 3. The number of aryl methyl sites for hydroxylation is 1. The van der Waals surface area contributed by atoms with Gasteiger partial charge >= 0.3 is 6.09 Å². The normalized spacial score (nSPS) is 21.3. The van der Waals surface area contributed by atoms with Gasteiger partial charge in [-0.3, -0.25) is 0 Å². The molecule has 0 spiro atoms. The second-order valence-electron chi connectivity index (χ2n) is 2.87. The molecule has 1 amide bonds. The number of rotatable bonds is 2. The highest BCUT2D eigenvalue weighted by Gasteiger charge is 2.26. The molecule has 2 heterocycles. The SMILES string of the molecule is CCn1ccnc1C1COC(=O)N1. The summed E-state index contributed by atoms with van der Waals surface area (Å²) in [6, 6.07) is -0.0950. The Hall–Kier alpha value is -1.52. The average Bonchev–Trinajstić information content (AvgIpc) is 2.71. The van der Waals surface area contributed by atoms with Crippen LogP contribution in [0.5, 0.6) is 0 Å². The zero-order chi connectivity index (χ0) is 9.26. The molecule has 5 nitrogen and oxygen atoms in total. The number of nitrogens with one attached hydrogen (secondary N) is 1. The van der Waals surface area contributed by atoms with Crippen LogP contribution in [0.25, 0.3) is 0 Å². The van der Waals surface area contributed by atoms with Gasteiger partial charge in [0.05, 0.1) is 0 Å². The molecule has 1 aromatic heterocycles. The van der Waals surface area contributed by atoms with Crippen LogP contribution in [0.4, 0.5) is 4.79 Å². The molecule has 0 aliphatic carbocycles. The van der Waals surface area contributed by atoms with Gasteiger partial charge in [-0.05, 0) is 6.92 Å². The monoisotopic (exact) mass is 181 g/mol. The molecule has 1 saturated heterocycles. The summed E-state index contributed by atoms with van der Waals surface area (Å²) in [5, 5.41) is 2.69. The number of ether oxygens (including phenoxy) is 1. The van der Waals surface area contributed by atoms with Crippen LogP contribution in [0.3, 0.4) is 0 Å². The highest BCUT2D eigenvalue weighted by Crippen LogP contribution is 2.15. The number of nitrogens with zero attached hydrogens (tertiary/aromatic N) is 2. The van der Waals surface area contributed by atoms with Gasteiger partial charge < -0.3 is 14.6 Å². The molecule has 1 N–H and O–H groups in total. The van der Waals surface area contributed by atoms with Crippen molar-refractivity contribution in [1.82, 2.24) is 14.9 Å². The van der Waals surface area contributed by atoms with Crippen LogP contribution in [-0.2, 0) is 11.3 Å². The average molecular weight is 181 g/mol. The van der Waals surface area contributed by atoms with Crippen molar-refractivity contribution in [3.05, 3.63) is 18.2 Å². The van der Waals surface area contributed by atoms with E-state index in [1.54, 1.807) is 6.20 Å². The van der Waals surface area contributed by atoms with Gasteiger partial charge in [0.25, 0.3) is 0 Å². The second kappa shape index (κ2) is 3.08. The fraction of sp³-hybridized carbons (Fsp3) is 0.500. The maximum atomic E-state index is 10.8. The van der Waals surface area contributed by atoms with Gasteiger partial charge in [-0.25, -0.2) is 9.78 Å². The van der Waals surface area contributed by atoms with E-state index < -0.39 is 0 Å². The number of amides is 1. The maximum Gasteiger partial charge on any atom is 0.407 e. The van der Waals surface area contributed by atoms with Crippen LogP contribution < -0.4 is 5.32 Å². The van der Waals surface area contributed by atoms with Crippen LogP contribution in [0.2, 0.25) is 0 Å². The van der Waals surface area contributed by atoms with Crippen LogP contribution in [-0.4, -0.2) is 22.3 Å². The number of hydrogen-bond donors (Lipinski definition) is 1. The standard InChI is InChI=1S/C8H11N3O2/c1-2-11-4-3-9-7(11)6-5-13-8(12)10-6/h3-4,6H,2,5H2,1H3,(H,10,12). The van der Waals surface area contributed by atoms with Crippen molar-refractivity contribution in [1.29, 1.82) is 0 Å². The summed E-state index contributed by atoms with van der Waals surface area (Å²) in [5.41, 5.74) is 0. The summed E-state index contributed by atoms with van der Waals surface area (Å²) < 4.78 is 6.77. The summed E-state index contributed by atoms with van der Waals surface area (Å²) in [6.07, 6.45) is 3.25. The van der Waals surface area contributed by atoms with E-state index in [2.05, 4.69) is 10.3 Å². The van der Waals surface area contributed by atoms with Gasteiger partial charge in [0.2, 0.25) is 0 Å². The van der Waals surface area contributed by atoms with Gasteiger partial charge in [0, 0.05) is 18.9 Å². The van der Waals surface area contributed by atoms with E-state index in [1.165, 1.54) is 0 Å². The lowest BCUT2D eigenvalue weighted by Crippen LogP contribution is -2.21. The zero-order valence-corrected chi connectivity index (χ0v) is 7.36. The fourth-order valence-electron chi connectivity index (χ4n) is 1.42. The number of aromatic nitrogens is 2. The fourth-order valence-corrected chi connectivity index (χ4v) is 1.42.